The van der Waals surface area contributed by atoms with Gasteiger partial charge in [0.05, 0.1) is 7.11 Å². The van der Waals surface area contributed by atoms with Gasteiger partial charge >= 0.3 is 0 Å². The van der Waals surface area contributed by atoms with Gasteiger partial charge in [0.2, 0.25) is 0 Å². The molecule has 2 N–H and O–H groups in total. The molecule has 0 heterocycles. The van der Waals surface area contributed by atoms with E-state index >= 15 is 0 Å². The first kappa shape index (κ1) is 14.9. The Labute approximate surface area is 114 Å². The van der Waals surface area contributed by atoms with Crippen LogP contribution in [0.4, 0.5) is 0 Å². The average molecular weight is 270 g/mol. The summed E-state index contributed by atoms with van der Waals surface area (Å²) in [4.78, 5) is 0. The van der Waals surface area contributed by atoms with E-state index in [9.17, 15) is 0 Å². The molecular formula is C14H20ClNO2. The third-order valence-electron chi connectivity index (χ3n) is 2.70. The van der Waals surface area contributed by atoms with Crippen LogP contribution in [0.25, 0.3) is 0 Å². The molecule has 1 rings (SSSR count). The van der Waals surface area contributed by atoms with Crippen molar-refractivity contribution in [1.82, 2.24) is 0 Å². The van der Waals surface area contributed by atoms with E-state index in [1.807, 2.05) is 18.2 Å². The van der Waals surface area contributed by atoms with Gasteiger partial charge in [-0.15, -0.1) is 0 Å². The van der Waals surface area contributed by atoms with Crippen molar-refractivity contribution in [2.45, 2.75) is 25.8 Å². The summed E-state index contributed by atoms with van der Waals surface area (Å²) in [5.74, 6) is 1.47. The smallest absolute Gasteiger partial charge is 0.164 e. The highest BCUT2D eigenvalue weighted by atomic mass is 35.5. The summed E-state index contributed by atoms with van der Waals surface area (Å²) < 4.78 is 11.0. The van der Waals surface area contributed by atoms with Crippen molar-refractivity contribution < 1.29 is 9.47 Å². The Kier molecular flexibility index (Phi) is 6.61. The van der Waals surface area contributed by atoms with Crippen LogP contribution >= 0.6 is 11.6 Å². The lowest BCUT2D eigenvalue weighted by molar-refractivity contribution is 0.322. The van der Waals surface area contributed by atoms with Gasteiger partial charge in [0.25, 0.3) is 0 Å². The number of halogens is 1. The highest BCUT2D eigenvalue weighted by Gasteiger charge is 2.12. The lowest BCUT2D eigenvalue weighted by atomic mass is 10.0. The second kappa shape index (κ2) is 8.01. The SMILES string of the molecule is CCC(N)Cc1cccc(OC)c1OC/C=C/Cl. The molecule has 100 valence electrons. The minimum absolute atomic E-state index is 0.128. The maximum absolute atomic E-state index is 5.99. The summed E-state index contributed by atoms with van der Waals surface area (Å²) in [7, 11) is 1.63. The molecule has 0 aliphatic heterocycles. The third kappa shape index (κ3) is 4.24. The van der Waals surface area contributed by atoms with Crippen LogP contribution in [-0.2, 0) is 6.42 Å². The van der Waals surface area contributed by atoms with Gasteiger partial charge in [0, 0.05) is 11.6 Å². The first-order valence-electron chi connectivity index (χ1n) is 6.02. The van der Waals surface area contributed by atoms with Gasteiger partial charge in [0.1, 0.15) is 6.61 Å². The average Bonchev–Trinajstić information content (AvgIpc) is 2.40. The molecule has 0 spiro atoms. The summed E-state index contributed by atoms with van der Waals surface area (Å²) in [6, 6.07) is 5.96. The molecule has 0 aliphatic rings. The van der Waals surface area contributed by atoms with E-state index in [4.69, 9.17) is 26.8 Å². The van der Waals surface area contributed by atoms with Crippen LogP contribution in [0.15, 0.2) is 29.8 Å². The standard InChI is InChI=1S/C14H20ClNO2/c1-3-12(16)10-11-6-4-7-13(17-2)14(11)18-9-5-8-15/h4-8,12H,3,9-10,16H2,1-2H3/b8-5+. The number of hydrogen-bond acceptors (Lipinski definition) is 3. The van der Waals surface area contributed by atoms with Crippen LogP contribution in [0, 0.1) is 0 Å². The lowest BCUT2D eigenvalue weighted by Gasteiger charge is -2.16. The first-order chi connectivity index (χ1) is 8.72. The molecular weight excluding hydrogens is 250 g/mol. The summed E-state index contributed by atoms with van der Waals surface area (Å²) in [5, 5.41) is 0. The Bertz CT molecular complexity index is 393. The topological polar surface area (TPSA) is 44.5 Å². The second-order valence-electron chi connectivity index (χ2n) is 3.99. The summed E-state index contributed by atoms with van der Waals surface area (Å²) in [6.07, 6.45) is 3.43. The molecule has 0 saturated heterocycles. The fourth-order valence-corrected chi connectivity index (χ4v) is 1.71. The number of nitrogens with two attached hydrogens (primary N) is 1. The molecule has 3 nitrogen and oxygen atoms in total. The molecule has 4 heteroatoms. The van der Waals surface area contributed by atoms with E-state index in [1.54, 1.807) is 13.2 Å². The van der Waals surface area contributed by atoms with Crippen LogP contribution < -0.4 is 15.2 Å². The minimum Gasteiger partial charge on any atom is -0.493 e. The van der Waals surface area contributed by atoms with Crippen molar-refractivity contribution in [2.24, 2.45) is 5.73 Å². The predicted molar refractivity (Wildman–Crippen MR) is 75.5 cm³/mol. The fraction of sp³-hybridized carbons (Fsp3) is 0.429. The van der Waals surface area contributed by atoms with Gasteiger partial charge < -0.3 is 15.2 Å². The zero-order valence-electron chi connectivity index (χ0n) is 10.9. The van der Waals surface area contributed by atoms with Crippen LogP contribution in [0.2, 0.25) is 0 Å². The van der Waals surface area contributed by atoms with E-state index < -0.39 is 0 Å². The number of ether oxygens (including phenoxy) is 2. The second-order valence-corrected chi connectivity index (χ2v) is 4.25. The molecule has 1 atom stereocenters. The van der Waals surface area contributed by atoms with E-state index in [0.717, 1.165) is 29.9 Å². The third-order valence-corrected chi connectivity index (χ3v) is 2.88. The molecule has 0 radical (unpaired) electrons. The van der Waals surface area contributed by atoms with Gasteiger partial charge in [-0.25, -0.2) is 0 Å². The quantitative estimate of drug-likeness (QED) is 0.827. The maximum Gasteiger partial charge on any atom is 0.164 e. The zero-order valence-corrected chi connectivity index (χ0v) is 11.6. The molecule has 1 unspecified atom stereocenters. The number of hydrogen-bond donors (Lipinski definition) is 1. The Morgan fingerprint density at radius 3 is 2.83 bits per heavy atom. The molecule has 0 saturated carbocycles. The molecule has 0 aliphatic carbocycles. The Morgan fingerprint density at radius 2 is 2.22 bits per heavy atom. The van der Waals surface area contributed by atoms with Gasteiger partial charge in [-0.2, -0.15) is 0 Å². The van der Waals surface area contributed by atoms with Gasteiger partial charge in [-0.1, -0.05) is 30.7 Å². The van der Waals surface area contributed by atoms with E-state index in [0.29, 0.717) is 6.61 Å². The monoisotopic (exact) mass is 269 g/mol. The van der Waals surface area contributed by atoms with Gasteiger partial charge in [0.15, 0.2) is 11.5 Å². The molecule has 18 heavy (non-hydrogen) atoms. The lowest BCUT2D eigenvalue weighted by Crippen LogP contribution is -2.21. The van der Waals surface area contributed by atoms with Crippen molar-refractivity contribution in [1.29, 1.82) is 0 Å². The normalized spacial score (nSPS) is 12.7. The van der Waals surface area contributed by atoms with E-state index in [1.165, 1.54) is 5.54 Å². The largest absolute Gasteiger partial charge is 0.493 e. The van der Waals surface area contributed by atoms with Crippen LogP contribution in [0.3, 0.4) is 0 Å². The summed E-state index contributed by atoms with van der Waals surface area (Å²) in [5.41, 5.74) is 8.49. The van der Waals surface area contributed by atoms with Crippen molar-refractivity contribution in [2.75, 3.05) is 13.7 Å². The molecule has 0 amide bonds. The predicted octanol–water partition coefficient (Wildman–Crippen LogP) is 3.11. The van der Waals surface area contributed by atoms with E-state index in [2.05, 4.69) is 6.92 Å². The first-order valence-corrected chi connectivity index (χ1v) is 6.46. The van der Waals surface area contributed by atoms with Crippen LogP contribution in [-0.4, -0.2) is 19.8 Å². The fourth-order valence-electron chi connectivity index (χ4n) is 1.64. The van der Waals surface area contributed by atoms with Gasteiger partial charge in [-0.05, 0) is 30.5 Å². The molecule has 0 fully saturated rings. The number of methoxy groups -OCH3 is 1. The Balaban J connectivity index is 2.92. The van der Waals surface area contributed by atoms with Gasteiger partial charge in [-0.3, -0.25) is 0 Å². The van der Waals surface area contributed by atoms with Crippen molar-refractivity contribution >= 4 is 11.6 Å². The Hall–Kier alpha value is -1.19. The maximum atomic E-state index is 5.99. The summed E-state index contributed by atoms with van der Waals surface area (Å²) in [6.45, 7) is 2.49. The van der Waals surface area contributed by atoms with Crippen molar-refractivity contribution in [3.05, 3.63) is 35.4 Å². The highest BCUT2D eigenvalue weighted by molar-refractivity contribution is 6.25. The van der Waals surface area contributed by atoms with E-state index in [-0.39, 0.29) is 6.04 Å². The number of para-hydroxylation sites is 1. The zero-order chi connectivity index (χ0) is 13.4. The molecule has 0 bridgehead atoms. The Morgan fingerprint density at radius 1 is 1.44 bits per heavy atom. The molecule has 1 aromatic carbocycles. The summed E-state index contributed by atoms with van der Waals surface area (Å²) >= 11 is 5.48. The highest BCUT2D eigenvalue weighted by Crippen LogP contribution is 2.32. The molecule has 1 aromatic rings. The van der Waals surface area contributed by atoms with Crippen molar-refractivity contribution in [3.8, 4) is 11.5 Å². The van der Waals surface area contributed by atoms with Crippen LogP contribution in [0.5, 0.6) is 11.5 Å². The molecule has 0 aromatic heterocycles. The van der Waals surface area contributed by atoms with Crippen LogP contribution in [0.1, 0.15) is 18.9 Å². The number of rotatable bonds is 7. The van der Waals surface area contributed by atoms with Crippen molar-refractivity contribution in [3.63, 3.8) is 0 Å². The minimum atomic E-state index is 0.128. The number of benzene rings is 1.